The SMILES string of the molecule is CCNC(=NCc1ccc(CN2CCCC2=O)cc1)NCC(C)(O)c1cnn(C)c1. The van der Waals surface area contributed by atoms with Crippen molar-refractivity contribution in [1.29, 1.82) is 0 Å². The number of aliphatic hydroxyl groups is 1. The molecule has 162 valence electrons. The number of rotatable bonds is 8. The predicted molar refractivity (Wildman–Crippen MR) is 117 cm³/mol. The lowest BCUT2D eigenvalue weighted by Crippen LogP contribution is -2.44. The molecule has 1 amide bonds. The van der Waals surface area contributed by atoms with E-state index in [2.05, 4.69) is 45.0 Å². The molecule has 1 fully saturated rings. The Kier molecular flexibility index (Phi) is 7.10. The summed E-state index contributed by atoms with van der Waals surface area (Å²) in [6.07, 6.45) is 5.10. The van der Waals surface area contributed by atoms with Crippen molar-refractivity contribution in [2.75, 3.05) is 19.6 Å². The van der Waals surface area contributed by atoms with Gasteiger partial charge in [0.05, 0.1) is 19.3 Å². The highest BCUT2D eigenvalue weighted by atomic mass is 16.3. The van der Waals surface area contributed by atoms with E-state index in [-0.39, 0.29) is 5.91 Å². The Hall–Kier alpha value is -2.87. The second-order valence-electron chi connectivity index (χ2n) is 7.96. The van der Waals surface area contributed by atoms with Crippen molar-refractivity contribution < 1.29 is 9.90 Å². The van der Waals surface area contributed by atoms with Crippen molar-refractivity contribution in [3.63, 3.8) is 0 Å². The van der Waals surface area contributed by atoms with Crippen LogP contribution in [0.25, 0.3) is 0 Å². The van der Waals surface area contributed by atoms with Crippen LogP contribution in [0.1, 0.15) is 43.4 Å². The molecule has 0 radical (unpaired) electrons. The van der Waals surface area contributed by atoms with Crippen LogP contribution in [0.15, 0.2) is 41.7 Å². The lowest BCUT2D eigenvalue weighted by Gasteiger charge is -2.23. The highest BCUT2D eigenvalue weighted by molar-refractivity contribution is 5.80. The summed E-state index contributed by atoms with van der Waals surface area (Å²) in [6, 6.07) is 8.22. The van der Waals surface area contributed by atoms with Gasteiger partial charge in [-0.15, -0.1) is 0 Å². The molecule has 30 heavy (non-hydrogen) atoms. The summed E-state index contributed by atoms with van der Waals surface area (Å²) in [5, 5.41) is 21.3. The van der Waals surface area contributed by atoms with Crippen LogP contribution in [-0.2, 0) is 30.5 Å². The minimum Gasteiger partial charge on any atom is -0.383 e. The van der Waals surface area contributed by atoms with E-state index in [4.69, 9.17) is 0 Å². The summed E-state index contributed by atoms with van der Waals surface area (Å²) >= 11 is 0. The number of hydrogen-bond acceptors (Lipinski definition) is 4. The van der Waals surface area contributed by atoms with Gasteiger partial charge in [-0.1, -0.05) is 24.3 Å². The molecule has 1 aliphatic rings. The van der Waals surface area contributed by atoms with E-state index in [1.165, 1.54) is 0 Å². The molecule has 8 heteroatoms. The van der Waals surface area contributed by atoms with Gasteiger partial charge < -0.3 is 20.6 Å². The fraction of sp³-hybridized carbons (Fsp3) is 0.500. The molecular formula is C22H32N6O2. The molecule has 0 saturated carbocycles. The van der Waals surface area contributed by atoms with E-state index in [9.17, 15) is 9.90 Å². The summed E-state index contributed by atoms with van der Waals surface area (Å²) in [5.74, 6) is 0.889. The molecule has 2 aromatic rings. The molecule has 1 aliphatic heterocycles. The van der Waals surface area contributed by atoms with E-state index in [0.717, 1.165) is 36.2 Å². The Balaban J connectivity index is 1.56. The topological polar surface area (TPSA) is 94.8 Å². The summed E-state index contributed by atoms with van der Waals surface area (Å²) in [4.78, 5) is 18.3. The maximum atomic E-state index is 11.8. The first-order chi connectivity index (χ1) is 14.4. The number of benzene rings is 1. The number of guanidine groups is 1. The van der Waals surface area contributed by atoms with E-state index in [0.29, 0.717) is 32.0 Å². The first-order valence-electron chi connectivity index (χ1n) is 10.5. The number of carbonyl (C=O) groups is 1. The zero-order valence-corrected chi connectivity index (χ0v) is 18.1. The van der Waals surface area contributed by atoms with Crippen LogP contribution < -0.4 is 10.6 Å². The molecule has 3 N–H and O–H groups in total. The van der Waals surface area contributed by atoms with Gasteiger partial charge in [-0.3, -0.25) is 9.48 Å². The van der Waals surface area contributed by atoms with Crippen molar-refractivity contribution in [3.8, 4) is 0 Å². The summed E-state index contributed by atoms with van der Waals surface area (Å²) < 4.78 is 1.67. The third kappa shape index (κ3) is 5.82. The Bertz CT molecular complexity index is 872. The fourth-order valence-electron chi connectivity index (χ4n) is 3.41. The predicted octanol–water partition coefficient (Wildman–Crippen LogP) is 1.51. The summed E-state index contributed by atoms with van der Waals surface area (Å²) in [6.45, 7) is 6.85. The van der Waals surface area contributed by atoms with Crippen molar-refractivity contribution in [3.05, 3.63) is 53.3 Å². The number of carbonyl (C=O) groups excluding carboxylic acids is 1. The number of nitrogens with zero attached hydrogens (tertiary/aromatic N) is 4. The second kappa shape index (κ2) is 9.75. The molecule has 1 aromatic heterocycles. The molecule has 0 bridgehead atoms. The van der Waals surface area contributed by atoms with Crippen molar-refractivity contribution in [2.24, 2.45) is 12.0 Å². The Labute approximate surface area is 178 Å². The quantitative estimate of drug-likeness (QED) is 0.451. The fourth-order valence-corrected chi connectivity index (χ4v) is 3.41. The number of aryl methyl sites for hydroxylation is 1. The number of aromatic nitrogens is 2. The van der Waals surface area contributed by atoms with Crippen molar-refractivity contribution >= 4 is 11.9 Å². The van der Waals surface area contributed by atoms with Crippen molar-refractivity contribution in [1.82, 2.24) is 25.3 Å². The molecule has 2 heterocycles. The molecular weight excluding hydrogens is 380 g/mol. The zero-order chi connectivity index (χ0) is 21.6. The molecule has 0 spiro atoms. The average molecular weight is 413 g/mol. The largest absolute Gasteiger partial charge is 0.383 e. The molecule has 1 aromatic carbocycles. The van der Waals surface area contributed by atoms with Gasteiger partial charge in [0.15, 0.2) is 5.96 Å². The monoisotopic (exact) mass is 412 g/mol. The molecule has 3 rings (SSSR count). The Morgan fingerprint density at radius 3 is 2.60 bits per heavy atom. The van der Waals surface area contributed by atoms with Gasteiger partial charge in [0.1, 0.15) is 5.60 Å². The molecule has 0 aliphatic carbocycles. The number of amides is 1. The summed E-state index contributed by atoms with van der Waals surface area (Å²) in [7, 11) is 1.83. The van der Waals surface area contributed by atoms with Gasteiger partial charge in [-0.25, -0.2) is 4.99 Å². The normalized spacial score (nSPS) is 16.6. The van der Waals surface area contributed by atoms with Gasteiger partial charge in [0, 0.05) is 44.9 Å². The minimum atomic E-state index is -1.06. The van der Waals surface area contributed by atoms with Gasteiger partial charge in [0.25, 0.3) is 0 Å². The Morgan fingerprint density at radius 2 is 2.00 bits per heavy atom. The number of aliphatic imine (C=N–C) groups is 1. The molecule has 1 saturated heterocycles. The van der Waals surface area contributed by atoms with Crippen LogP contribution in [0.3, 0.4) is 0 Å². The first kappa shape index (κ1) is 21.8. The first-order valence-corrected chi connectivity index (χ1v) is 10.5. The summed E-state index contributed by atoms with van der Waals surface area (Å²) in [5.41, 5.74) is 1.91. The number of hydrogen-bond donors (Lipinski definition) is 3. The maximum Gasteiger partial charge on any atom is 0.222 e. The van der Waals surface area contributed by atoms with E-state index in [1.807, 2.05) is 25.1 Å². The van der Waals surface area contributed by atoms with Crippen LogP contribution in [0.5, 0.6) is 0 Å². The third-order valence-electron chi connectivity index (χ3n) is 5.26. The molecule has 1 atom stereocenters. The van der Waals surface area contributed by atoms with Gasteiger partial charge >= 0.3 is 0 Å². The maximum absolute atomic E-state index is 11.8. The van der Waals surface area contributed by atoms with E-state index < -0.39 is 5.60 Å². The van der Waals surface area contributed by atoms with E-state index >= 15 is 0 Å². The van der Waals surface area contributed by atoms with Gasteiger partial charge in [-0.2, -0.15) is 5.10 Å². The van der Waals surface area contributed by atoms with Crippen molar-refractivity contribution in [2.45, 2.75) is 45.4 Å². The minimum absolute atomic E-state index is 0.243. The van der Waals surface area contributed by atoms with Gasteiger partial charge in [0.2, 0.25) is 5.91 Å². The Morgan fingerprint density at radius 1 is 1.27 bits per heavy atom. The van der Waals surface area contributed by atoms with Crippen LogP contribution in [0.4, 0.5) is 0 Å². The van der Waals surface area contributed by atoms with E-state index in [1.54, 1.807) is 17.8 Å². The van der Waals surface area contributed by atoms with Gasteiger partial charge in [-0.05, 0) is 31.4 Å². The smallest absolute Gasteiger partial charge is 0.222 e. The average Bonchev–Trinajstić information content (AvgIpc) is 3.34. The number of nitrogens with one attached hydrogen (secondary N) is 2. The van der Waals surface area contributed by atoms with Crippen LogP contribution in [0.2, 0.25) is 0 Å². The number of likely N-dealkylation sites (tertiary alicyclic amines) is 1. The second-order valence-corrected chi connectivity index (χ2v) is 7.96. The van der Waals surface area contributed by atoms with Crippen LogP contribution >= 0.6 is 0 Å². The standard InChI is InChI=1S/C22H32N6O2/c1-4-23-21(25-16-22(2,30)19-13-26-27(3)15-19)24-12-17-7-9-18(10-8-17)14-28-11-5-6-20(28)29/h7-10,13,15,30H,4-6,11-12,14,16H2,1-3H3,(H2,23,24,25). The zero-order valence-electron chi connectivity index (χ0n) is 18.1. The highest BCUT2D eigenvalue weighted by Gasteiger charge is 2.25. The third-order valence-corrected chi connectivity index (χ3v) is 5.26. The highest BCUT2D eigenvalue weighted by Crippen LogP contribution is 2.18. The lowest BCUT2D eigenvalue weighted by molar-refractivity contribution is -0.128. The van der Waals surface area contributed by atoms with Crippen LogP contribution in [-0.4, -0.2) is 51.3 Å². The molecule has 1 unspecified atom stereocenters. The van der Waals surface area contributed by atoms with Crippen LogP contribution in [0, 0.1) is 0 Å². The lowest BCUT2D eigenvalue weighted by atomic mass is 10.00. The molecule has 8 nitrogen and oxygen atoms in total.